The molecule has 0 radical (unpaired) electrons. The molecule has 3 heterocycles. The van der Waals surface area contributed by atoms with Gasteiger partial charge in [0, 0.05) is 28.0 Å². The fraction of sp³-hybridized carbons (Fsp3) is 0.756. The molecule has 7 rings (SSSR count). The van der Waals surface area contributed by atoms with E-state index < -0.39 is 39.2 Å². The summed E-state index contributed by atoms with van der Waals surface area (Å²) in [6.45, 7) is 26.1. The molecule has 2 aromatic heterocycles. The number of aromatic nitrogens is 4. The molecule has 0 aromatic carbocycles. The van der Waals surface area contributed by atoms with E-state index in [4.69, 9.17) is 26.0 Å². The summed E-state index contributed by atoms with van der Waals surface area (Å²) >= 11 is 0. The molecule has 1 amide bonds. The lowest BCUT2D eigenvalue weighted by molar-refractivity contribution is -0.244. The minimum absolute atomic E-state index is 0.0239. The number of carboxylic acid groups (broad SMARTS) is 1. The molecule has 56 heavy (non-hydrogen) atoms. The van der Waals surface area contributed by atoms with E-state index in [2.05, 4.69) is 86.1 Å². The van der Waals surface area contributed by atoms with Gasteiger partial charge in [-0.25, -0.2) is 14.5 Å². The lowest BCUT2D eigenvalue weighted by Gasteiger charge is -2.74. The average Bonchev–Trinajstić information content (AvgIpc) is 3.65. The van der Waals surface area contributed by atoms with Gasteiger partial charge in [-0.1, -0.05) is 80.9 Å². The number of carbonyl (C=O) groups excluding carboxylic acids is 1. The Hall–Kier alpha value is -3.15. The minimum Gasteiger partial charge on any atom is -0.479 e. The average molecular weight is 773 g/mol. The molecule has 11 heteroatoms. The molecule has 1 aliphatic heterocycles. The third-order valence-electron chi connectivity index (χ3n) is 17.7. The molecule has 3 saturated carbocycles. The van der Waals surface area contributed by atoms with Gasteiger partial charge >= 0.3 is 5.97 Å². The molecule has 308 valence electrons. The Morgan fingerprint density at radius 3 is 2.34 bits per heavy atom. The van der Waals surface area contributed by atoms with Gasteiger partial charge in [0.15, 0.2) is 5.54 Å². The number of carbonyl (C=O) groups is 2. The molecular formula is C45H68N6O5. The molecule has 1 saturated heterocycles. The van der Waals surface area contributed by atoms with Gasteiger partial charge in [0.25, 0.3) is 5.91 Å². The van der Waals surface area contributed by atoms with Crippen molar-refractivity contribution in [3.05, 3.63) is 47.8 Å². The van der Waals surface area contributed by atoms with Crippen LogP contribution in [0.3, 0.4) is 0 Å². The van der Waals surface area contributed by atoms with Crippen LogP contribution in [0.5, 0.6) is 0 Å². The van der Waals surface area contributed by atoms with Crippen LogP contribution in [-0.4, -0.2) is 68.2 Å². The van der Waals surface area contributed by atoms with E-state index in [9.17, 15) is 14.7 Å². The molecule has 4 fully saturated rings. The minimum atomic E-state index is -1.45. The van der Waals surface area contributed by atoms with Crippen LogP contribution in [-0.2, 0) is 19.8 Å². The first-order chi connectivity index (χ1) is 26.0. The van der Waals surface area contributed by atoms with Gasteiger partial charge in [-0.2, -0.15) is 5.10 Å². The normalized spacial score (nSPS) is 39.9. The zero-order chi connectivity index (χ0) is 41.1. The number of fused-ring (bicyclic) bond motifs is 3. The van der Waals surface area contributed by atoms with Gasteiger partial charge in [-0.05, 0) is 109 Å². The van der Waals surface area contributed by atoms with Crippen molar-refractivity contribution in [3.8, 4) is 0 Å². The smallest absolute Gasteiger partial charge is 0.332 e. The number of hydrogen-bond acceptors (Lipinski definition) is 8. The molecule has 4 aliphatic carbocycles. The number of nitrogens with zero attached hydrogens (tertiary/aromatic N) is 4. The second kappa shape index (κ2) is 13.2. The monoisotopic (exact) mass is 773 g/mol. The number of amides is 1. The summed E-state index contributed by atoms with van der Waals surface area (Å²) < 4.78 is 15.4. The van der Waals surface area contributed by atoms with Crippen molar-refractivity contribution in [1.29, 1.82) is 0 Å². The summed E-state index contributed by atoms with van der Waals surface area (Å²) in [5.74, 6) is -0.769. The second-order valence-corrected chi connectivity index (χ2v) is 21.4. The van der Waals surface area contributed by atoms with Gasteiger partial charge in [-0.3, -0.25) is 9.78 Å². The fourth-order valence-electron chi connectivity index (χ4n) is 13.4. The lowest BCUT2D eigenvalue weighted by atomic mass is 9.31. The standard InChI is InChI=1S/C45H68N6O5/c1-27(2)28(3)40(8)16-17-41(9)32-13-15-34-39(7)18-30(56-23-43(11,47)38(4,5)6)19-44(34,24-55-22-39)35(32)31(29-12-14-33(36(46)52)49-21-29)20-42(41,10)45(40,37(53)54)51-26-48-25-50-51/h12,14,21,25-28,30,32,34H,13,15-20,22-24,47H2,1-11H3,(H2,46,52)(H,53,54)/t28-,30-,32+,34-,39-,40-,41-,42+,43+,44-,45-/m1/s1. The maximum absolute atomic E-state index is 14.7. The third-order valence-corrected chi connectivity index (χ3v) is 17.7. The topological polar surface area (TPSA) is 168 Å². The van der Waals surface area contributed by atoms with Gasteiger partial charge < -0.3 is 26.0 Å². The second-order valence-electron chi connectivity index (χ2n) is 21.4. The Bertz CT molecular complexity index is 1890. The van der Waals surface area contributed by atoms with Crippen LogP contribution < -0.4 is 11.5 Å². The first-order valence-electron chi connectivity index (χ1n) is 21.0. The van der Waals surface area contributed by atoms with E-state index >= 15 is 0 Å². The number of rotatable bonds is 9. The Kier molecular flexibility index (Phi) is 9.66. The fourth-order valence-corrected chi connectivity index (χ4v) is 13.4. The van der Waals surface area contributed by atoms with Gasteiger partial charge in [0.2, 0.25) is 0 Å². The van der Waals surface area contributed by atoms with Crippen molar-refractivity contribution in [1.82, 2.24) is 19.7 Å². The van der Waals surface area contributed by atoms with Gasteiger partial charge in [0.05, 0.1) is 25.9 Å². The zero-order valence-corrected chi connectivity index (χ0v) is 35.9. The van der Waals surface area contributed by atoms with E-state index in [1.54, 1.807) is 23.3 Å². The van der Waals surface area contributed by atoms with Crippen LogP contribution in [0.2, 0.25) is 0 Å². The maximum atomic E-state index is 14.7. The number of carboxylic acids is 1. The van der Waals surface area contributed by atoms with Gasteiger partial charge in [0.1, 0.15) is 18.3 Å². The third kappa shape index (κ3) is 5.41. The molecule has 0 spiro atoms. The van der Waals surface area contributed by atoms with E-state index in [-0.39, 0.29) is 45.8 Å². The van der Waals surface area contributed by atoms with Crippen LogP contribution >= 0.6 is 0 Å². The van der Waals surface area contributed by atoms with Crippen LogP contribution in [0, 0.1) is 56.2 Å². The summed E-state index contributed by atoms with van der Waals surface area (Å²) in [6, 6.07) is 3.68. The Labute approximate surface area is 334 Å². The van der Waals surface area contributed by atoms with E-state index in [0.29, 0.717) is 32.2 Å². The zero-order valence-electron chi connectivity index (χ0n) is 35.9. The first-order valence-corrected chi connectivity index (χ1v) is 21.0. The molecule has 2 bridgehead atoms. The van der Waals surface area contributed by atoms with Crippen molar-refractivity contribution < 1.29 is 24.2 Å². The molecule has 0 unspecified atom stereocenters. The van der Waals surface area contributed by atoms with Gasteiger partial charge in [-0.15, -0.1) is 0 Å². The Morgan fingerprint density at radius 2 is 1.77 bits per heavy atom. The van der Waals surface area contributed by atoms with Crippen LogP contribution in [0.4, 0.5) is 0 Å². The summed E-state index contributed by atoms with van der Waals surface area (Å²) in [5.41, 5.74) is 11.7. The highest BCUT2D eigenvalue weighted by atomic mass is 16.5. The number of allylic oxidation sites excluding steroid dienone is 1. The lowest BCUT2D eigenvalue weighted by Crippen LogP contribution is -2.75. The summed E-state index contributed by atoms with van der Waals surface area (Å²) in [7, 11) is 0. The van der Waals surface area contributed by atoms with Crippen LogP contribution in [0.25, 0.3) is 5.57 Å². The number of ether oxygens (including phenoxy) is 2. The van der Waals surface area contributed by atoms with Crippen LogP contribution in [0.15, 0.2) is 36.6 Å². The van der Waals surface area contributed by atoms with E-state index in [1.807, 2.05) is 6.07 Å². The van der Waals surface area contributed by atoms with Crippen molar-refractivity contribution >= 4 is 17.4 Å². The predicted octanol–water partition coefficient (Wildman–Crippen LogP) is 7.51. The Morgan fingerprint density at radius 1 is 1.05 bits per heavy atom. The summed E-state index contributed by atoms with van der Waals surface area (Å²) in [4.78, 5) is 36.1. The molecule has 11 atom stereocenters. The van der Waals surface area contributed by atoms with Crippen molar-refractivity contribution in [2.75, 3.05) is 19.8 Å². The molecule has 5 N–H and O–H groups in total. The number of hydrogen-bond donors (Lipinski definition) is 3. The molecule has 2 aromatic rings. The Balaban J connectivity index is 1.50. The van der Waals surface area contributed by atoms with E-state index in [1.165, 1.54) is 11.9 Å². The highest BCUT2D eigenvalue weighted by molar-refractivity contribution is 5.91. The van der Waals surface area contributed by atoms with E-state index in [0.717, 1.165) is 49.7 Å². The SMILES string of the molecule is CC(C)[C@@H](C)[C@@]1(C)CC[C@]2(C)[C@H]3CC[C@@H]4[C@@]5(C)COC[C@@]4(C[C@H](OC[C@](C)(N)C(C)(C)C)C5)C3=C(c3ccc(C(N)=O)nc3)C[C@]2(C)[C@]1(C(=O)O)n1cncn1. The number of aliphatic carboxylic acids is 1. The number of primary amides is 1. The summed E-state index contributed by atoms with van der Waals surface area (Å²) in [6.07, 6.45) is 10.6. The van der Waals surface area contributed by atoms with Crippen molar-refractivity contribution in [2.45, 2.75) is 138 Å². The highest BCUT2D eigenvalue weighted by Gasteiger charge is 2.78. The van der Waals surface area contributed by atoms with Crippen molar-refractivity contribution in [2.24, 2.45) is 67.6 Å². The highest BCUT2D eigenvalue weighted by Crippen LogP contribution is 2.79. The molecular weight excluding hydrogens is 705 g/mol. The largest absolute Gasteiger partial charge is 0.479 e. The molecule has 5 aliphatic rings. The quantitative estimate of drug-likeness (QED) is 0.234. The predicted molar refractivity (Wildman–Crippen MR) is 216 cm³/mol. The summed E-state index contributed by atoms with van der Waals surface area (Å²) in [5, 5.41) is 16.8. The van der Waals surface area contributed by atoms with Crippen molar-refractivity contribution in [3.63, 3.8) is 0 Å². The van der Waals surface area contributed by atoms with Crippen LogP contribution in [0.1, 0.15) is 137 Å². The maximum Gasteiger partial charge on any atom is 0.332 e. The first kappa shape index (κ1) is 41.0. The number of nitrogens with two attached hydrogens (primary N) is 2. The number of pyridine rings is 1. The molecule has 11 nitrogen and oxygen atoms in total.